The van der Waals surface area contributed by atoms with Crippen molar-refractivity contribution in [3.63, 3.8) is 0 Å². The Morgan fingerprint density at radius 2 is 2.19 bits per heavy atom. The zero-order valence-corrected chi connectivity index (χ0v) is 12.1. The Balaban J connectivity index is 1.84. The number of nitrogens with two attached hydrogens (primary N) is 1. The largest absolute Gasteiger partial charge is 0.384 e. The van der Waals surface area contributed by atoms with E-state index in [9.17, 15) is 4.79 Å². The van der Waals surface area contributed by atoms with Crippen LogP contribution >= 0.6 is 0 Å². The van der Waals surface area contributed by atoms with Crippen LogP contribution in [0.2, 0.25) is 0 Å². The van der Waals surface area contributed by atoms with Gasteiger partial charge in [-0.1, -0.05) is 18.2 Å². The summed E-state index contributed by atoms with van der Waals surface area (Å²) < 4.78 is 5.52. The third kappa shape index (κ3) is 2.56. The third-order valence-electron chi connectivity index (χ3n) is 4.25. The Morgan fingerprint density at radius 1 is 1.43 bits per heavy atom. The van der Waals surface area contributed by atoms with Crippen LogP contribution in [0.4, 0.5) is 5.82 Å². The predicted molar refractivity (Wildman–Crippen MR) is 82.1 cm³/mol. The molecule has 5 heteroatoms. The number of nitrogens with one attached hydrogen (secondary N) is 1. The maximum Gasteiger partial charge on any atom is 0.252 e. The van der Waals surface area contributed by atoms with Gasteiger partial charge in [-0.05, 0) is 31.4 Å². The number of anilines is 1. The van der Waals surface area contributed by atoms with Crippen molar-refractivity contribution < 1.29 is 9.53 Å². The van der Waals surface area contributed by atoms with E-state index in [0.717, 1.165) is 30.2 Å². The highest BCUT2D eigenvalue weighted by atomic mass is 16.5. The van der Waals surface area contributed by atoms with Crippen LogP contribution in [0.1, 0.15) is 29.6 Å². The molecule has 3 N–H and O–H groups in total. The topological polar surface area (TPSA) is 77.2 Å². The molecule has 0 saturated heterocycles. The van der Waals surface area contributed by atoms with E-state index in [0.29, 0.717) is 17.9 Å². The Morgan fingerprint density at radius 3 is 2.86 bits per heavy atom. The molecule has 21 heavy (non-hydrogen) atoms. The summed E-state index contributed by atoms with van der Waals surface area (Å²) in [4.78, 5) is 16.7. The number of carbonyl (C=O) groups excluding carboxylic acids is 1. The summed E-state index contributed by atoms with van der Waals surface area (Å²) >= 11 is 0. The van der Waals surface area contributed by atoms with Gasteiger partial charge in [0, 0.05) is 19.0 Å². The molecular formula is C16H19N3O2. The van der Waals surface area contributed by atoms with Gasteiger partial charge in [-0.15, -0.1) is 0 Å². The van der Waals surface area contributed by atoms with E-state index in [4.69, 9.17) is 10.5 Å². The molecule has 110 valence electrons. The molecule has 1 heterocycles. The van der Waals surface area contributed by atoms with Gasteiger partial charge < -0.3 is 15.8 Å². The summed E-state index contributed by atoms with van der Waals surface area (Å²) in [6.45, 7) is 0.527. The second-order valence-electron chi connectivity index (χ2n) is 5.54. The molecule has 1 saturated carbocycles. The molecule has 0 unspecified atom stereocenters. The lowest BCUT2D eigenvalue weighted by Gasteiger charge is -2.40. The van der Waals surface area contributed by atoms with E-state index in [1.807, 2.05) is 24.3 Å². The highest BCUT2D eigenvalue weighted by Crippen LogP contribution is 2.34. The summed E-state index contributed by atoms with van der Waals surface area (Å²) in [5.41, 5.74) is 6.89. The number of hydrogen-bond donors (Lipinski definition) is 2. The first-order chi connectivity index (χ1) is 10.1. The fraction of sp³-hybridized carbons (Fsp3) is 0.375. The molecule has 2 aromatic rings. The lowest BCUT2D eigenvalue weighted by atomic mass is 9.80. The monoisotopic (exact) mass is 285 g/mol. The zero-order chi connectivity index (χ0) is 14.9. The molecule has 1 aromatic heterocycles. The van der Waals surface area contributed by atoms with Gasteiger partial charge in [0.2, 0.25) is 0 Å². The number of amides is 1. The second kappa shape index (κ2) is 5.33. The van der Waals surface area contributed by atoms with Gasteiger partial charge >= 0.3 is 0 Å². The van der Waals surface area contributed by atoms with E-state index < -0.39 is 0 Å². The molecule has 5 nitrogen and oxygen atoms in total. The van der Waals surface area contributed by atoms with Gasteiger partial charge in [0.15, 0.2) is 0 Å². The standard InChI is InChI=1S/C16H19N3O2/c1-21-16(7-4-8-16)10-18-15(20)12-9-14(17)19-13-6-3-2-5-11(12)13/h2-3,5-6,9H,4,7-8,10H2,1H3,(H2,17,19)(H,18,20). The van der Waals surface area contributed by atoms with E-state index in [1.165, 1.54) is 0 Å². The van der Waals surface area contributed by atoms with Crippen LogP contribution in [0.25, 0.3) is 10.9 Å². The maximum atomic E-state index is 12.5. The van der Waals surface area contributed by atoms with Gasteiger partial charge in [0.05, 0.1) is 16.7 Å². The van der Waals surface area contributed by atoms with Crippen LogP contribution in [0.3, 0.4) is 0 Å². The number of aromatic nitrogens is 1. The minimum atomic E-state index is -0.190. The molecule has 3 rings (SSSR count). The van der Waals surface area contributed by atoms with Gasteiger partial charge in [-0.25, -0.2) is 4.98 Å². The van der Waals surface area contributed by atoms with Gasteiger partial charge in [0.25, 0.3) is 5.91 Å². The normalized spacial score (nSPS) is 16.4. The van der Waals surface area contributed by atoms with Crippen molar-refractivity contribution in [2.24, 2.45) is 0 Å². The van der Waals surface area contributed by atoms with Crippen molar-refractivity contribution >= 4 is 22.6 Å². The van der Waals surface area contributed by atoms with Gasteiger partial charge in [-0.3, -0.25) is 4.79 Å². The minimum absolute atomic E-state index is 0.136. The highest BCUT2D eigenvalue weighted by Gasteiger charge is 2.37. The lowest BCUT2D eigenvalue weighted by molar-refractivity contribution is -0.0679. The molecular weight excluding hydrogens is 266 g/mol. The van der Waals surface area contributed by atoms with Crippen LogP contribution in [0.15, 0.2) is 30.3 Å². The minimum Gasteiger partial charge on any atom is -0.384 e. The molecule has 1 aliphatic carbocycles. The molecule has 0 radical (unpaired) electrons. The van der Waals surface area contributed by atoms with Crippen molar-refractivity contribution in [3.8, 4) is 0 Å². The maximum absolute atomic E-state index is 12.5. The van der Waals surface area contributed by atoms with Crippen LogP contribution in [0, 0.1) is 0 Å². The summed E-state index contributed by atoms with van der Waals surface area (Å²) in [6.07, 6.45) is 3.13. The van der Waals surface area contributed by atoms with E-state index in [1.54, 1.807) is 13.2 Å². The Kier molecular flexibility index (Phi) is 3.51. The first-order valence-corrected chi connectivity index (χ1v) is 7.12. The summed E-state index contributed by atoms with van der Waals surface area (Å²) in [5, 5.41) is 3.77. The first-order valence-electron chi connectivity index (χ1n) is 7.12. The number of methoxy groups -OCH3 is 1. The average molecular weight is 285 g/mol. The molecule has 1 aromatic carbocycles. The van der Waals surface area contributed by atoms with Crippen LogP contribution in [-0.4, -0.2) is 30.1 Å². The SMILES string of the molecule is COC1(CNC(=O)c2cc(N)nc3ccccc23)CCC1. The molecule has 1 fully saturated rings. The average Bonchev–Trinajstić information content (AvgIpc) is 2.45. The number of rotatable bonds is 4. The number of benzene rings is 1. The number of nitrogen functional groups attached to an aromatic ring is 1. The van der Waals surface area contributed by atoms with E-state index >= 15 is 0 Å². The van der Waals surface area contributed by atoms with Crippen molar-refractivity contribution in [3.05, 3.63) is 35.9 Å². The van der Waals surface area contributed by atoms with Crippen molar-refractivity contribution in [2.75, 3.05) is 19.4 Å². The predicted octanol–water partition coefficient (Wildman–Crippen LogP) is 2.12. The molecule has 0 aliphatic heterocycles. The summed E-state index contributed by atoms with van der Waals surface area (Å²) in [5.74, 6) is 0.215. The Bertz CT molecular complexity index is 675. The quantitative estimate of drug-likeness (QED) is 0.902. The fourth-order valence-electron chi connectivity index (χ4n) is 2.74. The number of pyridine rings is 1. The molecule has 0 bridgehead atoms. The summed E-state index contributed by atoms with van der Waals surface area (Å²) in [6, 6.07) is 9.12. The molecule has 1 amide bonds. The first kappa shape index (κ1) is 13.8. The van der Waals surface area contributed by atoms with E-state index in [2.05, 4.69) is 10.3 Å². The molecule has 0 spiro atoms. The molecule has 0 atom stereocenters. The number of para-hydroxylation sites is 1. The smallest absolute Gasteiger partial charge is 0.252 e. The Hall–Kier alpha value is -2.14. The lowest BCUT2D eigenvalue weighted by Crippen LogP contribution is -2.49. The van der Waals surface area contributed by atoms with Crippen LogP contribution in [0.5, 0.6) is 0 Å². The molecule has 1 aliphatic rings. The third-order valence-corrected chi connectivity index (χ3v) is 4.25. The number of carbonyl (C=O) groups is 1. The number of ether oxygens (including phenoxy) is 1. The summed E-state index contributed by atoms with van der Waals surface area (Å²) in [7, 11) is 1.70. The van der Waals surface area contributed by atoms with Crippen LogP contribution in [-0.2, 0) is 4.74 Å². The van der Waals surface area contributed by atoms with Crippen molar-refractivity contribution in [2.45, 2.75) is 24.9 Å². The number of fused-ring (bicyclic) bond motifs is 1. The van der Waals surface area contributed by atoms with Crippen LogP contribution < -0.4 is 11.1 Å². The van der Waals surface area contributed by atoms with Gasteiger partial charge in [-0.2, -0.15) is 0 Å². The van der Waals surface area contributed by atoms with Crippen molar-refractivity contribution in [1.29, 1.82) is 0 Å². The Labute approximate surface area is 123 Å². The fourth-order valence-corrected chi connectivity index (χ4v) is 2.74. The van der Waals surface area contributed by atoms with Gasteiger partial charge in [0.1, 0.15) is 5.82 Å². The highest BCUT2D eigenvalue weighted by molar-refractivity contribution is 6.06. The van der Waals surface area contributed by atoms with Crippen molar-refractivity contribution in [1.82, 2.24) is 10.3 Å². The van der Waals surface area contributed by atoms with E-state index in [-0.39, 0.29) is 11.5 Å². The number of hydrogen-bond acceptors (Lipinski definition) is 4. The second-order valence-corrected chi connectivity index (χ2v) is 5.54. The number of nitrogens with zero attached hydrogens (tertiary/aromatic N) is 1. The zero-order valence-electron chi connectivity index (χ0n) is 12.1.